The lowest BCUT2D eigenvalue weighted by Crippen LogP contribution is -2.39. The zero-order valence-corrected chi connectivity index (χ0v) is 20.6. The molecule has 34 heavy (non-hydrogen) atoms. The normalized spacial score (nSPS) is 12.1. The summed E-state index contributed by atoms with van der Waals surface area (Å²) in [6.07, 6.45) is -2.14. The molecule has 0 aliphatic heterocycles. The van der Waals surface area contributed by atoms with E-state index in [2.05, 4.69) is 37.9 Å². The van der Waals surface area contributed by atoms with Gasteiger partial charge in [-0.1, -0.05) is 17.7 Å². The number of ether oxygens (including phenoxy) is 2. The topological polar surface area (TPSA) is 50.8 Å². The molecule has 2 rings (SSSR count). The fourth-order valence-corrected chi connectivity index (χ4v) is 3.69. The zero-order chi connectivity index (χ0) is 25.5. The van der Waals surface area contributed by atoms with Crippen LogP contribution in [0.5, 0.6) is 11.5 Å². The van der Waals surface area contributed by atoms with Gasteiger partial charge < -0.3 is 14.8 Å². The lowest BCUT2D eigenvalue weighted by Gasteiger charge is -2.30. The predicted octanol–water partition coefficient (Wildman–Crippen LogP) is 6.52. The van der Waals surface area contributed by atoms with Crippen LogP contribution in [0.4, 0.5) is 18.9 Å². The lowest BCUT2D eigenvalue weighted by atomic mass is 10.1. The second-order valence-electron chi connectivity index (χ2n) is 8.20. The van der Waals surface area contributed by atoms with Gasteiger partial charge in [0, 0.05) is 36.5 Å². The number of anilines is 1. The quantitative estimate of drug-likeness (QED) is 0.379. The molecule has 0 bridgehead atoms. The van der Waals surface area contributed by atoms with Gasteiger partial charge in [-0.3, -0.25) is 9.69 Å². The summed E-state index contributed by atoms with van der Waals surface area (Å²) in [4.78, 5) is 14.6. The van der Waals surface area contributed by atoms with Gasteiger partial charge in [0.05, 0.1) is 17.7 Å². The maximum Gasteiger partial charge on any atom is 0.417 e. The molecule has 1 amide bonds. The van der Waals surface area contributed by atoms with Crippen LogP contribution in [0.25, 0.3) is 6.08 Å². The van der Waals surface area contributed by atoms with Gasteiger partial charge in [-0.15, -0.1) is 0 Å². The summed E-state index contributed by atoms with van der Waals surface area (Å²) in [6.45, 7) is 9.65. The first-order chi connectivity index (χ1) is 15.9. The van der Waals surface area contributed by atoms with Gasteiger partial charge >= 0.3 is 6.18 Å². The largest absolute Gasteiger partial charge is 0.493 e. The number of carbonyl (C=O) groups excluding carboxylic acids is 1. The molecule has 0 spiro atoms. The smallest absolute Gasteiger partial charge is 0.417 e. The average Bonchev–Trinajstić information content (AvgIpc) is 2.75. The van der Waals surface area contributed by atoms with Crippen molar-refractivity contribution < 1.29 is 27.4 Å². The van der Waals surface area contributed by atoms with Gasteiger partial charge in [0.25, 0.3) is 0 Å². The molecular formula is C25H30ClF3N2O3. The third kappa shape index (κ3) is 7.95. The first-order valence-corrected chi connectivity index (χ1v) is 11.2. The highest BCUT2D eigenvalue weighted by molar-refractivity contribution is 6.31. The number of nitrogens with one attached hydrogen (secondary N) is 1. The molecule has 186 valence electrons. The minimum absolute atomic E-state index is 0.200. The second-order valence-corrected chi connectivity index (χ2v) is 8.61. The number of benzene rings is 2. The SMILES string of the molecule is COc1ccc(NC(=O)/C=C/c2ccc(Cl)c(C(F)(F)F)c2)cc1OCCN(C(C)C)C(C)C. The summed E-state index contributed by atoms with van der Waals surface area (Å²) in [5.74, 6) is 0.490. The highest BCUT2D eigenvalue weighted by Crippen LogP contribution is 2.35. The van der Waals surface area contributed by atoms with Crippen LogP contribution in [-0.4, -0.2) is 43.2 Å². The van der Waals surface area contributed by atoms with Crippen molar-refractivity contribution in [3.63, 3.8) is 0 Å². The lowest BCUT2D eigenvalue weighted by molar-refractivity contribution is -0.137. The van der Waals surface area contributed by atoms with Crippen LogP contribution in [0.1, 0.15) is 38.8 Å². The number of nitrogens with zero attached hydrogens (tertiary/aromatic N) is 1. The van der Waals surface area contributed by atoms with Crippen molar-refractivity contribution >= 4 is 29.3 Å². The van der Waals surface area contributed by atoms with Crippen molar-refractivity contribution in [3.8, 4) is 11.5 Å². The van der Waals surface area contributed by atoms with Crippen LogP contribution in [0, 0.1) is 0 Å². The van der Waals surface area contributed by atoms with Crippen molar-refractivity contribution in [1.82, 2.24) is 4.90 Å². The Bertz CT molecular complexity index is 999. The van der Waals surface area contributed by atoms with Crippen LogP contribution in [-0.2, 0) is 11.0 Å². The molecular weight excluding hydrogens is 469 g/mol. The molecule has 0 radical (unpaired) electrons. The Balaban J connectivity index is 2.07. The Hall–Kier alpha value is -2.71. The van der Waals surface area contributed by atoms with Gasteiger partial charge in [-0.05, 0) is 63.6 Å². The van der Waals surface area contributed by atoms with E-state index < -0.39 is 22.7 Å². The summed E-state index contributed by atoms with van der Waals surface area (Å²) in [5, 5.41) is 2.28. The molecule has 0 saturated carbocycles. The van der Waals surface area contributed by atoms with E-state index in [9.17, 15) is 18.0 Å². The minimum Gasteiger partial charge on any atom is -0.493 e. The highest BCUT2D eigenvalue weighted by Gasteiger charge is 2.33. The Morgan fingerprint density at radius 1 is 1.09 bits per heavy atom. The molecule has 0 aliphatic rings. The van der Waals surface area contributed by atoms with Crippen LogP contribution in [0.15, 0.2) is 42.5 Å². The molecule has 0 heterocycles. The van der Waals surface area contributed by atoms with Crippen LogP contribution in [0.2, 0.25) is 5.02 Å². The van der Waals surface area contributed by atoms with E-state index in [0.29, 0.717) is 35.9 Å². The average molecular weight is 499 g/mol. The molecule has 0 aliphatic carbocycles. The van der Waals surface area contributed by atoms with Gasteiger partial charge in [-0.2, -0.15) is 13.2 Å². The Morgan fingerprint density at radius 3 is 2.35 bits per heavy atom. The summed E-state index contributed by atoms with van der Waals surface area (Å²) in [6, 6.07) is 9.15. The van der Waals surface area contributed by atoms with Crippen molar-refractivity contribution in [2.75, 3.05) is 25.6 Å². The number of methoxy groups -OCH3 is 1. The summed E-state index contributed by atoms with van der Waals surface area (Å²) in [5.41, 5.74) is -0.297. The van der Waals surface area contributed by atoms with Crippen molar-refractivity contribution in [1.29, 1.82) is 0 Å². The Kier molecular flexibility index (Phi) is 9.82. The monoisotopic (exact) mass is 498 g/mol. The number of hydrogen-bond donors (Lipinski definition) is 1. The molecule has 9 heteroatoms. The molecule has 2 aromatic rings. The van der Waals surface area contributed by atoms with Crippen LogP contribution >= 0.6 is 11.6 Å². The van der Waals surface area contributed by atoms with Gasteiger partial charge in [0.15, 0.2) is 11.5 Å². The number of halogens is 4. The third-order valence-corrected chi connectivity index (χ3v) is 5.42. The number of hydrogen-bond acceptors (Lipinski definition) is 4. The van der Waals surface area contributed by atoms with E-state index in [1.165, 1.54) is 19.3 Å². The van der Waals surface area contributed by atoms with E-state index in [1.807, 2.05) is 0 Å². The molecule has 2 aromatic carbocycles. The molecule has 0 fully saturated rings. The second kappa shape index (κ2) is 12.1. The fourth-order valence-electron chi connectivity index (χ4n) is 3.46. The molecule has 0 aromatic heterocycles. The summed E-state index contributed by atoms with van der Waals surface area (Å²) >= 11 is 5.63. The summed E-state index contributed by atoms with van der Waals surface area (Å²) in [7, 11) is 1.53. The van der Waals surface area contributed by atoms with E-state index in [-0.39, 0.29) is 5.56 Å². The molecule has 5 nitrogen and oxygen atoms in total. The number of rotatable bonds is 10. The van der Waals surface area contributed by atoms with E-state index >= 15 is 0 Å². The highest BCUT2D eigenvalue weighted by atomic mass is 35.5. The first kappa shape index (κ1) is 27.5. The fraction of sp³-hybridized carbons (Fsp3) is 0.400. The maximum atomic E-state index is 13.0. The summed E-state index contributed by atoms with van der Waals surface area (Å²) < 4.78 is 50.3. The Morgan fingerprint density at radius 2 is 1.76 bits per heavy atom. The minimum atomic E-state index is -4.58. The number of alkyl halides is 3. The van der Waals surface area contributed by atoms with E-state index in [4.69, 9.17) is 21.1 Å². The van der Waals surface area contributed by atoms with Crippen LogP contribution < -0.4 is 14.8 Å². The van der Waals surface area contributed by atoms with E-state index in [1.54, 1.807) is 18.2 Å². The van der Waals surface area contributed by atoms with Crippen molar-refractivity contribution in [2.24, 2.45) is 0 Å². The maximum absolute atomic E-state index is 13.0. The van der Waals surface area contributed by atoms with Gasteiger partial charge in [0.1, 0.15) is 6.61 Å². The molecule has 1 N–H and O–H groups in total. The van der Waals surface area contributed by atoms with Crippen molar-refractivity contribution in [3.05, 3.63) is 58.6 Å². The third-order valence-electron chi connectivity index (χ3n) is 5.09. The molecule has 0 atom stereocenters. The number of amides is 1. The standard InChI is InChI=1S/C25H30ClF3N2O3/c1-16(2)31(17(3)4)12-13-34-23-15-19(8-10-22(23)33-5)30-24(32)11-7-18-6-9-21(26)20(14-18)25(27,28)29/h6-11,14-17H,12-13H2,1-5H3,(H,30,32)/b11-7+. The molecule has 0 unspecified atom stereocenters. The first-order valence-electron chi connectivity index (χ1n) is 10.8. The predicted molar refractivity (Wildman–Crippen MR) is 130 cm³/mol. The van der Waals surface area contributed by atoms with E-state index in [0.717, 1.165) is 24.8 Å². The molecule has 0 saturated heterocycles. The van der Waals surface area contributed by atoms with Crippen molar-refractivity contribution in [2.45, 2.75) is 46.0 Å². The zero-order valence-electron chi connectivity index (χ0n) is 19.9. The van der Waals surface area contributed by atoms with Crippen LogP contribution in [0.3, 0.4) is 0 Å². The van der Waals surface area contributed by atoms with Gasteiger partial charge in [0.2, 0.25) is 5.91 Å². The van der Waals surface area contributed by atoms with Gasteiger partial charge in [-0.25, -0.2) is 0 Å². The Labute approximate surface area is 203 Å². The number of carbonyl (C=O) groups is 1.